The molecule has 0 aromatic heterocycles. The van der Waals surface area contributed by atoms with Gasteiger partial charge in [-0.1, -0.05) is 6.07 Å². The molecule has 0 N–H and O–H groups in total. The summed E-state index contributed by atoms with van der Waals surface area (Å²) >= 11 is 0. The van der Waals surface area contributed by atoms with Gasteiger partial charge in [0.1, 0.15) is 17.5 Å². The number of carbonyl (C=O) groups excluding carboxylic acids is 1. The Morgan fingerprint density at radius 3 is 2.22 bits per heavy atom. The lowest BCUT2D eigenvalue weighted by Crippen LogP contribution is -2.59. The van der Waals surface area contributed by atoms with Gasteiger partial charge in [0, 0.05) is 68.6 Å². The molecule has 3 saturated heterocycles. The molecule has 5 nitrogen and oxygen atoms in total. The molecular weight excluding hydrogens is 479 g/mol. The van der Waals surface area contributed by atoms with Crippen LogP contribution in [-0.2, 0) is 9.53 Å². The molecule has 0 saturated carbocycles. The van der Waals surface area contributed by atoms with Gasteiger partial charge in [-0.2, -0.15) is 0 Å². The van der Waals surface area contributed by atoms with Gasteiger partial charge in [0.25, 0.3) is 0 Å². The minimum Gasteiger partial charge on any atom is -0.378 e. The van der Waals surface area contributed by atoms with E-state index in [0.29, 0.717) is 38.3 Å². The largest absolute Gasteiger partial charge is 0.378 e. The fourth-order valence-corrected chi connectivity index (χ4v) is 6.67. The smallest absolute Gasteiger partial charge is 0.227 e. The van der Waals surface area contributed by atoms with Crippen molar-refractivity contribution in [2.75, 3.05) is 37.7 Å². The highest BCUT2D eigenvalue weighted by molar-refractivity contribution is 5.81. The van der Waals surface area contributed by atoms with E-state index < -0.39 is 17.6 Å². The fourth-order valence-electron chi connectivity index (χ4n) is 6.67. The Labute approximate surface area is 217 Å². The summed E-state index contributed by atoms with van der Waals surface area (Å²) in [5, 5.41) is 0. The Kier molecular flexibility index (Phi) is 7.50. The molecule has 3 heterocycles. The zero-order chi connectivity index (χ0) is 26.3. The third-order valence-electron chi connectivity index (χ3n) is 8.36. The lowest BCUT2D eigenvalue weighted by Gasteiger charge is -2.46. The summed E-state index contributed by atoms with van der Waals surface area (Å²) in [6.07, 6.45) is 1.91. The maximum absolute atomic E-state index is 15.0. The SMILES string of the molecule is CC1CC(N2C[C@H](C(=O)N3C[C@@H](C)N(c4ccc(F)cc4)[C@@H](C)C3)[C@@H](c3ccc(F)cc3F)C2)CCO1. The van der Waals surface area contributed by atoms with E-state index >= 15 is 0 Å². The Morgan fingerprint density at radius 2 is 1.57 bits per heavy atom. The number of anilines is 1. The molecule has 1 amide bonds. The average Bonchev–Trinajstić information content (AvgIpc) is 3.29. The van der Waals surface area contributed by atoms with Gasteiger partial charge in [0.15, 0.2) is 0 Å². The molecule has 3 aliphatic rings. The molecule has 8 heteroatoms. The first-order chi connectivity index (χ1) is 17.7. The van der Waals surface area contributed by atoms with Crippen molar-refractivity contribution in [3.8, 4) is 0 Å². The monoisotopic (exact) mass is 515 g/mol. The topological polar surface area (TPSA) is 36.0 Å². The molecule has 3 fully saturated rings. The highest BCUT2D eigenvalue weighted by Gasteiger charge is 2.45. The van der Waals surface area contributed by atoms with E-state index in [9.17, 15) is 18.0 Å². The number of hydrogen-bond acceptors (Lipinski definition) is 4. The van der Waals surface area contributed by atoms with E-state index in [-0.39, 0.29) is 41.9 Å². The standard InChI is InChI=1S/C29H36F3N3O2/c1-18-14-34(15-19(2)35(18)23-7-4-21(30)5-8-23)29(36)27-17-33(24-10-11-37-20(3)12-24)16-26(27)25-9-6-22(31)13-28(25)32/h4-9,13,18-20,24,26-27H,10-12,14-17H2,1-3H3/t18-,19+,20?,24?,26-,27+/m1/s1. The summed E-state index contributed by atoms with van der Waals surface area (Å²) in [5.41, 5.74) is 1.34. The molecule has 0 bridgehead atoms. The number of piperazine rings is 1. The Morgan fingerprint density at radius 1 is 0.892 bits per heavy atom. The van der Waals surface area contributed by atoms with Crippen molar-refractivity contribution in [2.24, 2.45) is 5.92 Å². The quantitative estimate of drug-likeness (QED) is 0.586. The van der Waals surface area contributed by atoms with Crippen molar-refractivity contribution in [1.82, 2.24) is 9.80 Å². The predicted molar refractivity (Wildman–Crippen MR) is 137 cm³/mol. The molecule has 0 spiro atoms. The Bertz CT molecular complexity index is 1100. The van der Waals surface area contributed by atoms with Crippen LogP contribution >= 0.6 is 0 Å². The molecule has 0 radical (unpaired) electrons. The van der Waals surface area contributed by atoms with Gasteiger partial charge in [-0.25, -0.2) is 13.2 Å². The summed E-state index contributed by atoms with van der Waals surface area (Å²) in [5.74, 6) is -2.21. The van der Waals surface area contributed by atoms with Gasteiger partial charge < -0.3 is 14.5 Å². The maximum atomic E-state index is 15.0. The van der Waals surface area contributed by atoms with Crippen molar-refractivity contribution in [2.45, 2.75) is 63.8 Å². The fraction of sp³-hybridized carbons (Fsp3) is 0.552. The van der Waals surface area contributed by atoms with Crippen LogP contribution in [0.25, 0.3) is 0 Å². The number of benzene rings is 2. The third kappa shape index (κ3) is 5.36. The molecule has 2 unspecified atom stereocenters. The Hall–Kier alpha value is -2.58. The molecule has 200 valence electrons. The van der Waals surface area contributed by atoms with Crippen LogP contribution in [0.2, 0.25) is 0 Å². The molecule has 2 aromatic carbocycles. The van der Waals surface area contributed by atoms with Gasteiger partial charge in [-0.15, -0.1) is 0 Å². The first-order valence-electron chi connectivity index (χ1n) is 13.3. The molecule has 0 aliphatic carbocycles. The van der Waals surface area contributed by atoms with E-state index in [2.05, 4.69) is 30.6 Å². The van der Waals surface area contributed by atoms with E-state index in [1.54, 1.807) is 12.1 Å². The highest BCUT2D eigenvalue weighted by Crippen LogP contribution is 2.39. The normalized spacial score (nSPS) is 31.1. The second-order valence-corrected chi connectivity index (χ2v) is 11.0. The first-order valence-corrected chi connectivity index (χ1v) is 13.3. The maximum Gasteiger partial charge on any atom is 0.227 e. The molecule has 3 aliphatic heterocycles. The molecule has 6 atom stereocenters. The summed E-state index contributed by atoms with van der Waals surface area (Å²) in [7, 11) is 0. The number of carbonyl (C=O) groups is 1. The molecule has 37 heavy (non-hydrogen) atoms. The van der Waals surface area contributed by atoms with Crippen molar-refractivity contribution >= 4 is 11.6 Å². The number of amides is 1. The number of halogens is 3. The van der Waals surface area contributed by atoms with Crippen molar-refractivity contribution < 1.29 is 22.7 Å². The van der Waals surface area contributed by atoms with Crippen molar-refractivity contribution in [1.29, 1.82) is 0 Å². The van der Waals surface area contributed by atoms with Crippen LogP contribution < -0.4 is 4.90 Å². The molecule has 5 rings (SSSR count). The number of ether oxygens (including phenoxy) is 1. The van der Waals surface area contributed by atoms with Crippen LogP contribution in [0.1, 0.15) is 45.1 Å². The van der Waals surface area contributed by atoms with Crippen LogP contribution in [0.3, 0.4) is 0 Å². The minimum absolute atomic E-state index is 0.0220. The van der Waals surface area contributed by atoms with Crippen molar-refractivity contribution in [3.63, 3.8) is 0 Å². The van der Waals surface area contributed by atoms with Gasteiger partial charge in [-0.05, 0) is 69.5 Å². The summed E-state index contributed by atoms with van der Waals surface area (Å²) < 4.78 is 47.9. The zero-order valence-electron chi connectivity index (χ0n) is 21.7. The van der Waals surface area contributed by atoms with Crippen LogP contribution in [0, 0.1) is 23.4 Å². The van der Waals surface area contributed by atoms with Gasteiger partial charge in [-0.3, -0.25) is 9.69 Å². The number of nitrogens with zero attached hydrogens (tertiary/aromatic N) is 3. The van der Waals surface area contributed by atoms with Crippen LogP contribution in [0.15, 0.2) is 42.5 Å². The predicted octanol–water partition coefficient (Wildman–Crippen LogP) is 4.81. The van der Waals surface area contributed by atoms with Crippen LogP contribution in [0.5, 0.6) is 0 Å². The number of hydrogen-bond donors (Lipinski definition) is 0. The second kappa shape index (κ2) is 10.7. The zero-order valence-corrected chi connectivity index (χ0v) is 21.7. The lowest BCUT2D eigenvalue weighted by atomic mass is 9.87. The lowest BCUT2D eigenvalue weighted by molar-refractivity contribution is -0.137. The average molecular weight is 516 g/mol. The third-order valence-corrected chi connectivity index (χ3v) is 8.36. The molecular formula is C29H36F3N3O2. The van der Waals surface area contributed by atoms with E-state index in [0.717, 1.165) is 24.6 Å². The van der Waals surface area contributed by atoms with Crippen molar-refractivity contribution in [3.05, 3.63) is 65.5 Å². The minimum atomic E-state index is -0.614. The van der Waals surface area contributed by atoms with E-state index in [4.69, 9.17) is 4.74 Å². The van der Waals surface area contributed by atoms with E-state index in [1.165, 1.54) is 24.3 Å². The molecule has 2 aromatic rings. The number of likely N-dealkylation sites (tertiary alicyclic amines) is 1. The first kappa shape index (κ1) is 26.0. The van der Waals surface area contributed by atoms with Crippen LogP contribution in [-0.4, -0.2) is 72.7 Å². The summed E-state index contributed by atoms with van der Waals surface area (Å²) in [6.45, 7) is 9.06. The second-order valence-electron chi connectivity index (χ2n) is 11.0. The summed E-state index contributed by atoms with van der Waals surface area (Å²) in [4.78, 5) is 20.5. The van der Waals surface area contributed by atoms with Gasteiger partial charge in [0.05, 0.1) is 12.0 Å². The summed E-state index contributed by atoms with van der Waals surface area (Å²) in [6, 6.07) is 10.5. The van der Waals surface area contributed by atoms with Crippen LogP contribution in [0.4, 0.5) is 18.9 Å². The van der Waals surface area contributed by atoms with Gasteiger partial charge in [0.2, 0.25) is 5.91 Å². The number of rotatable bonds is 4. The Balaban J connectivity index is 1.37. The highest BCUT2D eigenvalue weighted by atomic mass is 19.1. The van der Waals surface area contributed by atoms with Gasteiger partial charge >= 0.3 is 0 Å². The van der Waals surface area contributed by atoms with E-state index in [1.807, 2.05) is 4.90 Å².